The monoisotopic (exact) mass is 559 g/mol. The molecule has 1 saturated heterocycles. The van der Waals surface area contributed by atoms with Crippen LogP contribution in [0.15, 0.2) is 81.6 Å². The summed E-state index contributed by atoms with van der Waals surface area (Å²) in [5.41, 5.74) is 5.00. The minimum Gasteiger partial charge on any atom is -0.418 e. The zero-order chi connectivity index (χ0) is 28.2. The molecule has 0 bridgehead atoms. The highest BCUT2D eigenvalue weighted by atomic mass is 35.5. The number of pyridine rings is 2. The lowest BCUT2D eigenvalue weighted by atomic mass is 10.1. The molecule has 0 saturated carbocycles. The molecular weight excluding hydrogens is 538 g/mol. The molecule has 0 N–H and O–H groups in total. The van der Waals surface area contributed by atoms with Crippen molar-refractivity contribution in [3.8, 4) is 22.9 Å². The van der Waals surface area contributed by atoms with Crippen molar-refractivity contribution in [2.24, 2.45) is 0 Å². The molecule has 1 aliphatic rings. The molecule has 200 valence electrons. The average Bonchev–Trinajstić information content (AvgIpc) is 3.66. The first-order valence-electron chi connectivity index (χ1n) is 13.0. The molecular formula is C31H22ClN7O2. The summed E-state index contributed by atoms with van der Waals surface area (Å²) in [4.78, 5) is 26.6. The van der Waals surface area contributed by atoms with Gasteiger partial charge in [-0.1, -0.05) is 48.0 Å². The summed E-state index contributed by atoms with van der Waals surface area (Å²) in [7, 11) is 0. The van der Waals surface area contributed by atoms with Gasteiger partial charge in [0.2, 0.25) is 23.2 Å². The van der Waals surface area contributed by atoms with E-state index in [1.807, 2.05) is 30.3 Å². The molecule has 9 nitrogen and oxygen atoms in total. The van der Waals surface area contributed by atoms with Crippen LogP contribution < -0.4 is 4.90 Å². The highest BCUT2D eigenvalue weighted by Gasteiger charge is 2.15. The number of rotatable bonds is 3. The average molecular weight is 560 g/mol. The van der Waals surface area contributed by atoms with Gasteiger partial charge in [-0.15, -0.1) is 0 Å². The Labute approximate surface area is 240 Å². The summed E-state index contributed by atoms with van der Waals surface area (Å²) in [5.74, 6) is 1.90. The fraction of sp³-hybridized carbons (Fsp3) is 0.161. The number of benzene rings is 2. The van der Waals surface area contributed by atoms with Crippen LogP contribution in [0.3, 0.4) is 0 Å². The summed E-state index contributed by atoms with van der Waals surface area (Å²) in [6.07, 6.45) is 3.72. The minimum absolute atomic E-state index is 0.361. The van der Waals surface area contributed by atoms with Crippen molar-refractivity contribution >= 4 is 51.3 Å². The molecule has 0 unspecified atom stereocenters. The quantitative estimate of drug-likeness (QED) is 0.158. The maximum absolute atomic E-state index is 7.11. The third-order valence-electron chi connectivity index (χ3n) is 6.59. The van der Waals surface area contributed by atoms with Gasteiger partial charge in [0, 0.05) is 24.2 Å². The Morgan fingerprint density at radius 1 is 0.659 bits per heavy atom. The normalized spacial score (nSPS) is 12.9. The smallest absolute Gasteiger partial charge is 0.249 e. The van der Waals surface area contributed by atoms with Crippen LogP contribution in [0, 0.1) is 13.1 Å². The molecule has 0 amide bonds. The predicted octanol–water partition coefficient (Wildman–Crippen LogP) is 8.52. The number of halogens is 1. The maximum atomic E-state index is 7.11. The highest BCUT2D eigenvalue weighted by Crippen LogP contribution is 2.29. The molecule has 0 aliphatic carbocycles. The van der Waals surface area contributed by atoms with Crippen LogP contribution in [-0.4, -0.2) is 33.0 Å². The van der Waals surface area contributed by atoms with E-state index < -0.39 is 0 Å². The van der Waals surface area contributed by atoms with Crippen molar-refractivity contribution in [2.75, 3.05) is 18.0 Å². The van der Waals surface area contributed by atoms with Gasteiger partial charge in [-0.25, -0.2) is 19.7 Å². The largest absolute Gasteiger partial charge is 0.418 e. The predicted molar refractivity (Wildman–Crippen MR) is 158 cm³/mol. The van der Waals surface area contributed by atoms with Gasteiger partial charge in [0.05, 0.1) is 13.1 Å². The van der Waals surface area contributed by atoms with Crippen molar-refractivity contribution in [1.82, 2.24) is 19.9 Å². The number of fused-ring (bicyclic) bond motifs is 2. The molecule has 1 fully saturated rings. The van der Waals surface area contributed by atoms with Gasteiger partial charge in [0.15, 0.2) is 11.4 Å². The third-order valence-corrected chi connectivity index (χ3v) is 6.80. The van der Waals surface area contributed by atoms with Crippen molar-refractivity contribution < 1.29 is 8.83 Å². The molecule has 0 spiro atoms. The fourth-order valence-electron chi connectivity index (χ4n) is 4.56. The van der Waals surface area contributed by atoms with E-state index in [9.17, 15) is 0 Å². The summed E-state index contributed by atoms with van der Waals surface area (Å²) in [6.45, 7) is 16.2. The van der Waals surface area contributed by atoms with E-state index in [0.29, 0.717) is 45.3 Å². The molecule has 41 heavy (non-hydrogen) atoms. The number of aromatic nitrogens is 4. The van der Waals surface area contributed by atoms with Gasteiger partial charge < -0.3 is 13.7 Å². The number of piperidine rings is 1. The van der Waals surface area contributed by atoms with E-state index in [2.05, 4.69) is 34.5 Å². The van der Waals surface area contributed by atoms with Gasteiger partial charge in [-0.05, 0) is 55.7 Å². The second-order valence-corrected chi connectivity index (χ2v) is 9.75. The Morgan fingerprint density at radius 3 is 1.80 bits per heavy atom. The van der Waals surface area contributed by atoms with Crippen LogP contribution >= 0.6 is 11.6 Å². The van der Waals surface area contributed by atoms with Gasteiger partial charge in [-0.2, -0.15) is 9.97 Å². The topological polar surface area (TPSA) is 89.8 Å². The van der Waals surface area contributed by atoms with E-state index in [0.717, 1.165) is 35.6 Å². The molecule has 2 aromatic carbocycles. The molecule has 10 heteroatoms. The first kappa shape index (κ1) is 26.0. The molecule has 6 aromatic rings. The lowest BCUT2D eigenvalue weighted by molar-refractivity contribution is 0.569. The fourth-order valence-corrected chi connectivity index (χ4v) is 4.70. The van der Waals surface area contributed by atoms with Crippen LogP contribution in [0.2, 0.25) is 5.15 Å². The Bertz CT molecular complexity index is 1940. The Balaban J connectivity index is 0.000000152. The van der Waals surface area contributed by atoms with Gasteiger partial charge >= 0.3 is 0 Å². The number of oxazole rings is 2. The SMILES string of the molecule is [C-]#[N+]c1cccc(-c2nc3ccc(Cl)nc3o2)c1.[C-]#[N+]c1cccc(-c2nc3ccc(N4CCCCC4)nc3o2)c1. The van der Waals surface area contributed by atoms with Crippen molar-refractivity contribution in [3.05, 3.63) is 101 Å². The van der Waals surface area contributed by atoms with Crippen molar-refractivity contribution in [2.45, 2.75) is 19.3 Å². The van der Waals surface area contributed by atoms with Crippen LogP contribution in [0.5, 0.6) is 0 Å². The number of hydrogen-bond donors (Lipinski definition) is 0. The standard InChI is InChI=1S/C18H16N4O.C13H6ClN3O/c1-19-14-7-5-6-13(12-14)17-20-15-8-9-16(21-18(15)23-17)22-10-3-2-4-11-22;1-15-9-4-2-3-8(7-9)12-16-10-5-6-11(14)17-13(10)18-12/h5-9,12H,2-4,10-11H2;2-7H. The summed E-state index contributed by atoms with van der Waals surface area (Å²) < 4.78 is 11.4. The molecule has 4 aromatic heterocycles. The Hall–Kier alpha value is -5.25. The van der Waals surface area contributed by atoms with E-state index >= 15 is 0 Å². The zero-order valence-corrected chi connectivity index (χ0v) is 22.5. The summed E-state index contributed by atoms with van der Waals surface area (Å²) in [6, 6.07) is 21.7. The first-order valence-corrected chi connectivity index (χ1v) is 13.4. The summed E-state index contributed by atoms with van der Waals surface area (Å²) in [5, 5.41) is 0.361. The maximum Gasteiger partial charge on any atom is 0.249 e. The second-order valence-electron chi connectivity index (χ2n) is 9.36. The Morgan fingerprint density at radius 2 is 1.22 bits per heavy atom. The van der Waals surface area contributed by atoms with Crippen molar-refractivity contribution in [1.29, 1.82) is 0 Å². The lowest BCUT2D eigenvalue weighted by Crippen LogP contribution is -2.29. The minimum atomic E-state index is 0.361. The number of anilines is 1. The number of nitrogens with zero attached hydrogens (tertiary/aromatic N) is 7. The molecule has 5 heterocycles. The van der Waals surface area contributed by atoms with E-state index in [4.69, 9.17) is 33.6 Å². The van der Waals surface area contributed by atoms with Gasteiger partial charge in [-0.3, -0.25) is 0 Å². The molecule has 7 rings (SSSR count). The van der Waals surface area contributed by atoms with Crippen LogP contribution in [0.1, 0.15) is 19.3 Å². The zero-order valence-electron chi connectivity index (χ0n) is 21.8. The summed E-state index contributed by atoms with van der Waals surface area (Å²) >= 11 is 5.78. The van der Waals surface area contributed by atoms with Crippen molar-refractivity contribution in [3.63, 3.8) is 0 Å². The van der Waals surface area contributed by atoms with Crippen LogP contribution in [0.25, 0.3) is 55.1 Å². The van der Waals surface area contributed by atoms with E-state index in [-0.39, 0.29) is 0 Å². The van der Waals surface area contributed by atoms with Gasteiger partial charge in [0.25, 0.3) is 0 Å². The van der Waals surface area contributed by atoms with Crippen LogP contribution in [-0.2, 0) is 0 Å². The second kappa shape index (κ2) is 11.5. The molecule has 0 radical (unpaired) electrons. The van der Waals surface area contributed by atoms with Crippen LogP contribution in [0.4, 0.5) is 17.2 Å². The Kier molecular flexibility index (Phi) is 7.27. The first-order chi connectivity index (χ1) is 20.1. The van der Waals surface area contributed by atoms with E-state index in [1.54, 1.807) is 42.5 Å². The highest BCUT2D eigenvalue weighted by molar-refractivity contribution is 6.29. The third kappa shape index (κ3) is 5.72. The lowest BCUT2D eigenvalue weighted by Gasteiger charge is -2.27. The number of hydrogen-bond acceptors (Lipinski definition) is 7. The van der Waals surface area contributed by atoms with E-state index in [1.165, 1.54) is 19.3 Å². The molecule has 1 aliphatic heterocycles. The molecule has 0 atom stereocenters. The van der Waals surface area contributed by atoms with Gasteiger partial charge in [0.1, 0.15) is 22.0 Å².